The lowest BCUT2D eigenvalue weighted by atomic mass is 10.1. The van der Waals surface area contributed by atoms with Crippen molar-refractivity contribution in [2.24, 2.45) is 10.9 Å². The van der Waals surface area contributed by atoms with E-state index in [2.05, 4.69) is 49.0 Å². The van der Waals surface area contributed by atoms with Gasteiger partial charge in [-0.2, -0.15) is 23.5 Å². The van der Waals surface area contributed by atoms with Gasteiger partial charge in [-0.25, -0.2) is 0 Å². The lowest BCUT2D eigenvalue weighted by Gasteiger charge is -2.36. The van der Waals surface area contributed by atoms with Gasteiger partial charge in [-0.15, -0.1) is 0 Å². The normalized spacial score (nSPS) is 21.5. The molecular formula is C13H27N3S2. The van der Waals surface area contributed by atoms with Crippen LogP contribution in [0.1, 0.15) is 20.8 Å². The molecule has 1 heterocycles. The quantitative estimate of drug-likeness (QED) is 0.478. The zero-order valence-electron chi connectivity index (χ0n) is 12.1. The van der Waals surface area contributed by atoms with Crippen LogP contribution in [0.4, 0.5) is 0 Å². The van der Waals surface area contributed by atoms with E-state index in [-0.39, 0.29) is 0 Å². The predicted molar refractivity (Wildman–Crippen MR) is 87.0 cm³/mol. The Labute approximate surface area is 121 Å². The van der Waals surface area contributed by atoms with Crippen molar-refractivity contribution in [2.45, 2.75) is 26.0 Å². The van der Waals surface area contributed by atoms with Gasteiger partial charge >= 0.3 is 0 Å². The molecule has 1 rings (SSSR count). The fourth-order valence-electron chi connectivity index (χ4n) is 1.94. The predicted octanol–water partition coefficient (Wildman–Crippen LogP) is 2.39. The van der Waals surface area contributed by atoms with Gasteiger partial charge in [-0.05, 0) is 19.1 Å². The number of hydrogen-bond acceptors (Lipinski definition) is 3. The third-order valence-electron chi connectivity index (χ3n) is 3.03. The number of nitrogens with zero attached hydrogens (tertiary/aromatic N) is 2. The van der Waals surface area contributed by atoms with Crippen LogP contribution in [-0.4, -0.2) is 60.0 Å². The molecular weight excluding hydrogens is 262 g/mol. The Morgan fingerprint density at radius 3 is 2.94 bits per heavy atom. The first kappa shape index (κ1) is 16.0. The second kappa shape index (κ2) is 8.97. The van der Waals surface area contributed by atoms with Gasteiger partial charge < -0.3 is 10.2 Å². The van der Waals surface area contributed by atoms with Gasteiger partial charge in [0.25, 0.3) is 0 Å². The van der Waals surface area contributed by atoms with Crippen LogP contribution in [0.5, 0.6) is 0 Å². The fourth-order valence-corrected chi connectivity index (χ4v) is 3.51. The highest BCUT2D eigenvalue weighted by molar-refractivity contribution is 8.00. The van der Waals surface area contributed by atoms with E-state index in [0.717, 1.165) is 49.1 Å². The van der Waals surface area contributed by atoms with Crippen molar-refractivity contribution in [3.63, 3.8) is 0 Å². The van der Waals surface area contributed by atoms with Crippen molar-refractivity contribution in [1.82, 2.24) is 10.2 Å². The van der Waals surface area contributed by atoms with E-state index in [0.29, 0.717) is 0 Å². The van der Waals surface area contributed by atoms with Gasteiger partial charge in [0.2, 0.25) is 0 Å². The molecule has 0 aromatic carbocycles. The fraction of sp³-hybridized carbons (Fsp3) is 0.923. The second-order valence-corrected chi connectivity index (χ2v) is 7.16. The third kappa shape index (κ3) is 5.31. The molecule has 106 valence electrons. The van der Waals surface area contributed by atoms with Crippen molar-refractivity contribution < 1.29 is 0 Å². The molecule has 1 unspecified atom stereocenters. The van der Waals surface area contributed by atoms with E-state index in [1.807, 2.05) is 11.8 Å². The van der Waals surface area contributed by atoms with Crippen LogP contribution >= 0.6 is 23.5 Å². The number of aliphatic imine (C=N–C) groups is 1. The van der Waals surface area contributed by atoms with Crippen LogP contribution in [0, 0.1) is 5.92 Å². The van der Waals surface area contributed by atoms with Crippen molar-refractivity contribution in [3.05, 3.63) is 0 Å². The summed E-state index contributed by atoms with van der Waals surface area (Å²) in [5, 5.41) is 4.17. The molecule has 5 heteroatoms. The van der Waals surface area contributed by atoms with Crippen LogP contribution < -0.4 is 5.32 Å². The van der Waals surface area contributed by atoms with E-state index < -0.39 is 0 Å². The third-order valence-corrected chi connectivity index (χ3v) is 5.16. The molecule has 0 saturated carbocycles. The van der Waals surface area contributed by atoms with Gasteiger partial charge in [0, 0.05) is 36.4 Å². The summed E-state index contributed by atoms with van der Waals surface area (Å²) in [5.41, 5.74) is 0. The largest absolute Gasteiger partial charge is 0.357 e. The minimum Gasteiger partial charge on any atom is -0.357 e. The maximum absolute atomic E-state index is 4.72. The first-order chi connectivity index (χ1) is 8.69. The monoisotopic (exact) mass is 289 g/mol. The maximum Gasteiger partial charge on any atom is 0.194 e. The minimum absolute atomic E-state index is 0.739. The Morgan fingerprint density at radius 2 is 2.33 bits per heavy atom. The van der Waals surface area contributed by atoms with Gasteiger partial charge in [-0.1, -0.05) is 13.8 Å². The summed E-state index contributed by atoms with van der Waals surface area (Å²) >= 11 is 3.97. The number of nitrogens with one attached hydrogen (secondary N) is 1. The molecule has 1 aliphatic heterocycles. The summed E-state index contributed by atoms with van der Waals surface area (Å²) in [4.78, 5) is 7.16. The van der Waals surface area contributed by atoms with Gasteiger partial charge in [0.15, 0.2) is 5.96 Å². The molecule has 18 heavy (non-hydrogen) atoms. The molecule has 0 aromatic rings. The highest BCUT2D eigenvalue weighted by atomic mass is 32.2. The van der Waals surface area contributed by atoms with Crippen molar-refractivity contribution >= 4 is 29.5 Å². The Bertz CT molecular complexity index is 257. The van der Waals surface area contributed by atoms with Crippen LogP contribution in [0.15, 0.2) is 4.99 Å². The van der Waals surface area contributed by atoms with Crippen molar-refractivity contribution in [3.8, 4) is 0 Å². The van der Waals surface area contributed by atoms with Gasteiger partial charge in [-0.3, -0.25) is 4.99 Å². The van der Waals surface area contributed by atoms with Gasteiger partial charge in [0.05, 0.1) is 6.54 Å². The van der Waals surface area contributed by atoms with E-state index in [1.165, 1.54) is 5.75 Å². The highest BCUT2D eigenvalue weighted by Crippen LogP contribution is 2.24. The van der Waals surface area contributed by atoms with E-state index in [4.69, 9.17) is 4.99 Å². The SMILES string of the molecule is CCNC(=NCCSC)N1CCSC(C(C)C)C1. The molecule has 1 aliphatic rings. The Balaban J connectivity index is 2.57. The number of hydrogen-bond donors (Lipinski definition) is 1. The Morgan fingerprint density at radius 1 is 1.56 bits per heavy atom. The molecule has 1 atom stereocenters. The Kier molecular flexibility index (Phi) is 7.98. The van der Waals surface area contributed by atoms with E-state index in [9.17, 15) is 0 Å². The van der Waals surface area contributed by atoms with Crippen molar-refractivity contribution in [2.75, 3.05) is 43.9 Å². The molecule has 1 N–H and O–H groups in total. The van der Waals surface area contributed by atoms with Crippen LogP contribution in [0.2, 0.25) is 0 Å². The zero-order chi connectivity index (χ0) is 13.4. The van der Waals surface area contributed by atoms with E-state index >= 15 is 0 Å². The van der Waals surface area contributed by atoms with Crippen LogP contribution in [0.25, 0.3) is 0 Å². The molecule has 1 fully saturated rings. The summed E-state index contributed by atoms with van der Waals surface area (Å²) in [6.45, 7) is 10.9. The molecule has 3 nitrogen and oxygen atoms in total. The molecule has 1 saturated heterocycles. The average Bonchev–Trinajstić information content (AvgIpc) is 2.38. The zero-order valence-corrected chi connectivity index (χ0v) is 13.7. The number of guanidine groups is 1. The Hall–Kier alpha value is -0.0300. The standard InChI is InChI=1S/C13H27N3S2/c1-5-14-13(15-6-8-17-4)16-7-9-18-12(10-16)11(2)3/h11-12H,5-10H2,1-4H3,(H,14,15). The lowest BCUT2D eigenvalue weighted by molar-refractivity contribution is 0.381. The first-order valence-electron chi connectivity index (χ1n) is 6.82. The van der Waals surface area contributed by atoms with Crippen LogP contribution in [-0.2, 0) is 0 Å². The topological polar surface area (TPSA) is 27.6 Å². The van der Waals surface area contributed by atoms with Crippen LogP contribution in [0.3, 0.4) is 0 Å². The maximum atomic E-state index is 4.72. The molecule has 0 aromatic heterocycles. The molecule has 0 spiro atoms. The minimum atomic E-state index is 0.739. The summed E-state index contributed by atoms with van der Waals surface area (Å²) in [6.07, 6.45) is 2.13. The summed E-state index contributed by atoms with van der Waals surface area (Å²) in [7, 11) is 0. The smallest absolute Gasteiger partial charge is 0.194 e. The highest BCUT2D eigenvalue weighted by Gasteiger charge is 2.24. The number of thioether (sulfide) groups is 2. The van der Waals surface area contributed by atoms with Crippen molar-refractivity contribution in [1.29, 1.82) is 0 Å². The summed E-state index contributed by atoms with van der Waals surface area (Å²) < 4.78 is 0. The molecule has 0 bridgehead atoms. The summed E-state index contributed by atoms with van der Waals surface area (Å²) in [5.74, 6) is 4.17. The van der Waals surface area contributed by atoms with Gasteiger partial charge in [0.1, 0.15) is 0 Å². The molecule has 0 amide bonds. The van der Waals surface area contributed by atoms with E-state index in [1.54, 1.807) is 0 Å². The first-order valence-corrected chi connectivity index (χ1v) is 9.27. The summed E-state index contributed by atoms with van der Waals surface area (Å²) in [6, 6.07) is 0. The average molecular weight is 290 g/mol. The molecule has 0 aliphatic carbocycles. The molecule has 0 radical (unpaired) electrons. The second-order valence-electron chi connectivity index (χ2n) is 4.83. The lowest BCUT2D eigenvalue weighted by Crippen LogP contribution is -2.49. The number of rotatable bonds is 5.